The summed E-state index contributed by atoms with van der Waals surface area (Å²) >= 11 is 0. The molecule has 1 aromatic carbocycles. The van der Waals surface area contributed by atoms with Gasteiger partial charge in [0.2, 0.25) is 0 Å². The molecule has 0 unspecified atom stereocenters. The van der Waals surface area contributed by atoms with Crippen LogP contribution in [0.3, 0.4) is 0 Å². The Morgan fingerprint density at radius 2 is 1.57 bits per heavy atom. The molecule has 0 aliphatic heterocycles. The second-order valence-corrected chi connectivity index (χ2v) is 6.93. The molecule has 23 heavy (non-hydrogen) atoms. The maximum atomic E-state index is 12.3. The highest BCUT2D eigenvalue weighted by Gasteiger charge is 2.20. The Bertz CT molecular complexity index is 675. The number of hydrogen-bond donors (Lipinski definition) is 1. The second kappa shape index (κ2) is 8.64. The number of esters is 1. The SMILES string of the molecule is BCc1cc(C(=O)OCCS(=O)(=O)O)c(CB)c(CB)c1CB. The maximum Gasteiger partial charge on any atom is 0.338 e. The summed E-state index contributed by atoms with van der Waals surface area (Å²) in [5.41, 5.74) is 5.09. The zero-order chi connectivity index (χ0) is 17.6. The number of carbonyl (C=O) groups is 1. The van der Waals surface area contributed by atoms with Gasteiger partial charge in [-0.2, -0.15) is 8.42 Å². The summed E-state index contributed by atoms with van der Waals surface area (Å²) in [6.45, 7) is -0.348. The highest BCUT2D eigenvalue weighted by atomic mass is 32.2. The van der Waals surface area contributed by atoms with Gasteiger partial charge in [-0.05, 0) is 17.2 Å². The van der Waals surface area contributed by atoms with E-state index in [9.17, 15) is 13.2 Å². The van der Waals surface area contributed by atoms with Crippen LogP contribution in [0.1, 0.15) is 32.6 Å². The first kappa shape index (κ1) is 19.9. The molecule has 1 N–H and O–H groups in total. The van der Waals surface area contributed by atoms with Crippen molar-refractivity contribution in [3.63, 3.8) is 0 Å². The number of rotatable bonds is 8. The lowest BCUT2D eigenvalue weighted by atomic mass is 9.74. The van der Waals surface area contributed by atoms with E-state index in [0.717, 1.165) is 30.1 Å². The van der Waals surface area contributed by atoms with Crippen LogP contribution in [0.15, 0.2) is 6.07 Å². The summed E-state index contributed by atoms with van der Waals surface area (Å²) in [6.07, 6.45) is 3.29. The zero-order valence-corrected chi connectivity index (χ0v) is 15.1. The van der Waals surface area contributed by atoms with Gasteiger partial charge in [-0.3, -0.25) is 4.55 Å². The van der Waals surface area contributed by atoms with E-state index in [0.29, 0.717) is 11.9 Å². The fraction of sp³-hybridized carbons (Fsp3) is 0.462. The minimum Gasteiger partial charge on any atom is -0.461 e. The molecule has 1 rings (SSSR count). The van der Waals surface area contributed by atoms with Gasteiger partial charge in [0.05, 0.1) is 5.56 Å². The molecule has 0 aliphatic carbocycles. The predicted molar refractivity (Wildman–Crippen MR) is 102 cm³/mol. The molecule has 1 aromatic rings. The Kier molecular flexibility index (Phi) is 7.48. The third-order valence-corrected chi connectivity index (χ3v) is 4.68. The van der Waals surface area contributed by atoms with Crippen LogP contribution in [-0.2, 0) is 40.1 Å². The van der Waals surface area contributed by atoms with Crippen LogP contribution in [0, 0.1) is 0 Å². The number of benzene rings is 1. The second-order valence-electron chi connectivity index (χ2n) is 5.36. The fourth-order valence-electron chi connectivity index (χ4n) is 2.97. The van der Waals surface area contributed by atoms with Crippen LogP contribution in [0.4, 0.5) is 0 Å². The molecule has 10 heteroatoms. The van der Waals surface area contributed by atoms with Gasteiger partial charge in [-0.15, -0.1) is 0 Å². The normalized spacial score (nSPS) is 11.3. The smallest absolute Gasteiger partial charge is 0.338 e. The first-order valence-corrected chi connectivity index (χ1v) is 9.68. The number of ether oxygens (including phenoxy) is 1. The first-order chi connectivity index (χ1) is 10.8. The Morgan fingerprint density at radius 1 is 1.00 bits per heavy atom. The average Bonchev–Trinajstić information content (AvgIpc) is 2.50. The summed E-state index contributed by atoms with van der Waals surface area (Å²) in [5.74, 6) is -1.12. The molecule has 0 amide bonds. The third-order valence-electron chi connectivity index (χ3n) is 4.00. The van der Waals surface area contributed by atoms with E-state index >= 15 is 0 Å². The predicted octanol–water partition coefficient (Wildman–Crippen LogP) is -2.74. The fourth-order valence-corrected chi connectivity index (χ4v) is 3.27. The Balaban J connectivity index is 3.21. The van der Waals surface area contributed by atoms with Gasteiger partial charge < -0.3 is 4.74 Å². The van der Waals surface area contributed by atoms with Gasteiger partial charge >= 0.3 is 5.97 Å². The lowest BCUT2D eigenvalue weighted by Crippen LogP contribution is -2.18. The van der Waals surface area contributed by atoms with Crippen molar-refractivity contribution in [1.29, 1.82) is 0 Å². The summed E-state index contributed by atoms with van der Waals surface area (Å²) in [4.78, 5) is 12.3. The molecule has 0 aromatic heterocycles. The van der Waals surface area contributed by atoms with E-state index < -0.39 is 21.8 Å². The molecule has 5 nitrogen and oxygen atoms in total. The molecule has 0 atom stereocenters. The quantitative estimate of drug-likeness (QED) is 0.317. The Labute approximate surface area is 141 Å². The Hall–Kier alpha value is -1.14. The third kappa shape index (κ3) is 5.18. The van der Waals surface area contributed by atoms with E-state index in [4.69, 9.17) is 9.29 Å². The topological polar surface area (TPSA) is 80.7 Å². The molecule has 0 aliphatic rings. The lowest BCUT2D eigenvalue weighted by molar-refractivity contribution is 0.0527. The van der Waals surface area contributed by atoms with Crippen molar-refractivity contribution in [1.82, 2.24) is 0 Å². The van der Waals surface area contributed by atoms with E-state index in [1.54, 1.807) is 0 Å². The molecule has 0 heterocycles. The molecule has 0 saturated heterocycles. The molecule has 0 bridgehead atoms. The van der Waals surface area contributed by atoms with Crippen LogP contribution in [0.25, 0.3) is 0 Å². The van der Waals surface area contributed by atoms with Crippen LogP contribution < -0.4 is 0 Å². The van der Waals surface area contributed by atoms with Crippen LogP contribution in [-0.4, -0.2) is 62.7 Å². The van der Waals surface area contributed by atoms with Crippen molar-refractivity contribution in [3.8, 4) is 0 Å². The summed E-state index contributed by atoms with van der Waals surface area (Å²) in [7, 11) is 4.09. The van der Waals surface area contributed by atoms with Crippen molar-refractivity contribution >= 4 is 47.5 Å². The maximum absolute atomic E-state index is 12.3. The minimum absolute atomic E-state index is 0.348. The minimum atomic E-state index is -4.13. The van der Waals surface area contributed by atoms with Crippen molar-refractivity contribution in [2.45, 2.75) is 25.3 Å². The highest BCUT2D eigenvalue weighted by Crippen LogP contribution is 2.25. The largest absolute Gasteiger partial charge is 0.461 e. The average molecular weight is 334 g/mol. The van der Waals surface area contributed by atoms with E-state index in [2.05, 4.69) is 15.7 Å². The van der Waals surface area contributed by atoms with E-state index in [1.807, 2.05) is 21.8 Å². The van der Waals surface area contributed by atoms with Gasteiger partial charge in [-0.25, -0.2) is 4.79 Å². The lowest BCUT2D eigenvalue weighted by Gasteiger charge is -2.20. The molecular formula is C13H22B4O5S. The molecular weight excluding hydrogens is 311 g/mol. The first-order valence-electron chi connectivity index (χ1n) is 8.07. The number of carbonyl (C=O) groups excluding carboxylic acids is 1. The molecule has 0 fully saturated rings. The highest BCUT2D eigenvalue weighted by molar-refractivity contribution is 7.85. The standard InChI is InChI=1S/C13H22B4O5S/c14-4-8-3-9(13(18)22-1-2-23(19,20)21)11(6-16)12(7-17)10(8)5-15/h3H,1-2,4-7,14-17H2,(H,19,20,21). The molecule has 0 saturated carbocycles. The van der Waals surface area contributed by atoms with E-state index in [1.165, 1.54) is 11.1 Å². The summed E-state index contributed by atoms with van der Waals surface area (Å²) in [6, 6.07) is 1.87. The van der Waals surface area contributed by atoms with Crippen LogP contribution in [0.2, 0.25) is 0 Å². The van der Waals surface area contributed by atoms with E-state index in [-0.39, 0.29) is 6.61 Å². The van der Waals surface area contributed by atoms with Crippen molar-refractivity contribution in [3.05, 3.63) is 33.9 Å². The van der Waals surface area contributed by atoms with Crippen molar-refractivity contribution < 1.29 is 22.5 Å². The van der Waals surface area contributed by atoms with Gasteiger partial charge in [-0.1, -0.05) is 36.4 Å². The molecule has 122 valence electrons. The van der Waals surface area contributed by atoms with Gasteiger partial charge in [0, 0.05) is 0 Å². The van der Waals surface area contributed by atoms with Crippen LogP contribution in [0.5, 0.6) is 0 Å². The molecule has 0 spiro atoms. The van der Waals surface area contributed by atoms with Gasteiger partial charge in [0.1, 0.15) is 43.7 Å². The zero-order valence-electron chi connectivity index (χ0n) is 14.3. The summed E-state index contributed by atoms with van der Waals surface area (Å²) < 4.78 is 35.2. The van der Waals surface area contributed by atoms with Gasteiger partial charge in [0.25, 0.3) is 10.1 Å². The van der Waals surface area contributed by atoms with Crippen LogP contribution >= 0.6 is 0 Å². The van der Waals surface area contributed by atoms with Gasteiger partial charge in [0.15, 0.2) is 0 Å². The number of hydrogen-bond acceptors (Lipinski definition) is 4. The molecule has 0 radical (unpaired) electrons. The Morgan fingerprint density at radius 3 is 2.00 bits per heavy atom. The summed E-state index contributed by atoms with van der Waals surface area (Å²) in [5, 5.41) is 0. The van der Waals surface area contributed by atoms with Crippen molar-refractivity contribution in [2.24, 2.45) is 0 Å². The van der Waals surface area contributed by atoms with Crippen molar-refractivity contribution in [2.75, 3.05) is 12.4 Å². The monoisotopic (exact) mass is 334 g/mol.